The third kappa shape index (κ3) is 11.8. The van der Waals surface area contributed by atoms with Crippen molar-refractivity contribution in [2.24, 2.45) is 5.92 Å². The number of aromatic hydroxyl groups is 1. The van der Waals surface area contributed by atoms with E-state index in [0.29, 0.717) is 72.2 Å². The van der Waals surface area contributed by atoms with E-state index < -0.39 is 12.2 Å². The zero-order valence-electron chi connectivity index (χ0n) is 35.8. The number of hydrogen-bond acceptors (Lipinski definition) is 8. The van der Waals surface area contributed by atoms with Gasteiger partial charge in [0.1, 0.15) is 11.9 Å². The van der Waals surface area contributed by atoms with Crippen molar-refractivity contribution >= 4 is 40.2 Å². The molecule has 0 saturated carbocycles. The second kappa shape index (κ2) is 20.9. The summed E-state index contributed by atoms with van der Waals surface area (Å²) in [6.45, 7) is 4.54. The fourth-order valence-corrected chi connectivity index (χ4v) is 8.21. The summed E-state index contributed by atoms with van der Waals surface area (Å²) in [7, 11) is 1.74. The van der Waals surface area contributed by atoms with E-state index in [4.69, 9.17) is 4.74 Å². The molecule has 6 aromatic rings. The number of likely N-dealkylation sites (tertiary alicyclic amines) is 1. The molecule has 7 rings (SSSR count). The van der Waals surface area contributed by atoms with Crippen LogP contribution in [0.2, 0.25) is 0 Å². The van der Waals surface area contributed by atoms with E-state index in [1.807, 2.05) is 66.7 Å². The quantitative estimate of drug-likeness (QED) is 0.0647. The third-order valence-electron chi connectivity index (χ3n) is 11.8. The van der Waals surface area contributed by atoms with Crippen LogP contribution in [0.1, 0.15) is 72.2 Å². The molecule has 63 heavy (non-hydrogen) atoms. The molecule has 3 amide bonds. The Labute approximate surface area is 367 Å². The monoisotopic (exact) mass is 849 g/mol. The number of para-hydroxylation sites is 1. The maximum absolute atomic E-state index is 13.2. The minimum atomic E-state index is -0.751. The summed E-state index contributed by atoms with van der Waals surface area (Å²) in [5.41, 5.74) is 6.61. The Hall–Kier alpha value is -6.76. The standard InChI is InChI=1S/C51H55N5O7/c1-34(15-22-45(57)42-20-23-46(58)49-43(42)21-24-47(59)54-49)31-35-9-8-10-36(32-35)33-52-50(61)38-16-18-39(19-17-38)55(2)48(60)27-30-56-28-25-40(26-29-56)63-51(62)53-44-14-7-6-13-41(44)37-11-4-3-5-12-37/h3-14,16-21,23-24,32,34,40,45,57-58H,15,22,25-31,33H2,1-2H3,(H,52,61)(H,53,62)(H,54,59)/t34-,45+/m1/s1. The maximum atomic E-state index is 13.2. The number of aliphatic hydroxyl groups excluding tert-OH is 1. The SMILES string of the molecule is C[C@H](CC[C@H](O)c1ccc(O)c2[nH]c(=O)ccc12)Cc1cccc(CNC(=O)c2ccc(N(C)C(=O)CCN3CCC(OC(=O)Nc4ccccc4-c4ccccc4)CC3)cc2)c1. The van der Waals surface area contributed by atoms with E-state index in [2.05, 4.69) is 39.6 Å². The van der Waals surface area contributed by atoms with Crippen LogP contribution >= 0.6 is 0 Å². The molecule has 326 valence electrons. The molecule has 0 aliphatic carbocycles. The molecule has 12 nitrogen and oxygen atoms in total. The fourth-order valence-electron chi connectivity index (χ4n) is 8.21. The number of amides is 3. The number of hydrogen-bond donors (Lipinski definition) is 5. The van der Waals surface area contributed by atoms with Crippen molar-refractivity contribution in [1.29, 1.82) is 0 Å². The van der Waals surface area contributed by atoms with Gasteiger partial charge in [0, 0.05) is 67.9 Å². The molecule has 1 fully saturated rings. The number of carbonyl (C=O) groups is 3. The molecular weight excluding hydrogens is 795 g/mol. The highest BCUT2D eigenvalue weighted by Crippen LogP contribution is 2.32. The van der Waals surface area contributed by atoms with E-state index >= 15 is 0 Å². The van der Waals surface area contributed by atoms with Crippen LogP contribution in [0.25, 0.3) is 22.0 Å². The summed E-state index contributed by atoms with van der Waals surface area (Å²) in [6, 6.07) is 38.9. The number of benzene rings is 5. The van der Waals surface area contributed by atoms with E-state index in [9.17, 15) is 29.4 Å². The second-order valence-electron chi connectivity index (χ2n) is 16.4. The summed E-state index contributed by atoms with van der Waals surface area (Å²) in [4.78, 5) is 57.4. The number of pyridine rings is 1. The van der Waals surface area contributed by atoms with Gasteiger partial charge in [-0.05, 0) is 103 Å². The van der Waals surface area contributed by atoms with Crippen molar-refractivity contribution < 1.29 is 29.3 Å². The highest BCUT2D eigenvalue weighted by Gasteiger charge is 2.24. The van der Waals surface area contributed by atoms with Crippen molar-refractivity contribution in [2.75, 3.05) is 36.9 Å². The van der Waals surface area contributed by atoms with Crippen molar-refractivity contribution in [2.45, 2.75) is 64.2 Å². The molecule has 12 heteroatoms. The van der Waals surface area contributed by atoms with Crippen LogP contribution in [0.4, 0.5) is 16.2 Å². The van der Waals surface area contributed by atoms with Crippen molar-refractivity contribution in [3.8, 4) is 16.9 Å². The smallest absolute Gasteiger partial charge is 0.411 e. The first-order valence-electron chi connectivity index (χ1n) is 21.6. The number of aliphatic hydroxyl groups is 1. The maximum Gasteiger partial charge on any atom is 0.411 e. The van der Waals surface area contributed by atoms with E-state index in [0.717, 1.165) is 48.2 Å². The number of carbonyl (C=O) groups excluding carboxylic acids is 3. The third-order valence-corrected chi connectivity index (χ3v) is 11.8. The van der Waals surface area contributed by atoms with Crippen molar-refractivity contribution in [3.63, 3.8) is 0 Å². The molecule has 0 radical (unpaired) electrons. The van der Waals surface area contributed by atoms with Crippen LogP contribution < -0.4 is 21.1 Å². The lowest BCUT2D eigenvalue weighted by atomic mass is 9.92. The zero-order chi connectivity index (χ0) is 44.3. The number of rotatable bonds is 16. The number of phenols is 1. The van der Waals surface area contributed by atoms with Gasteiger partial charge >= 0.3 is 6.09 Å². The van der Waals surface area contributed by atoms with Crippen LogP contribution in [0, 0.1) is 5.92 Å². The molecule has 0 unspecified atom stereocenters. The molecule has 5 N–H and O–H groups in total. The number of phenolic OH excluding ortho intramolecular Hbond substituents is 1. The molecular formula is C51H55N5O7. The lowest BCUT2D eigenvalue weighted by Gasteiger charge is -2.31. The van der Waals surface area contributed by atoms with Gasteiger partial charge in [0.05, 0.1) is 17.3 Å². The summed E-state index contributed by atoms with van der Waals surface area (Å²) in [5.74, 6) is -0.00747. The molecule has 1 aliphatic rings. The van der Waals surface area contributed by atoms with Crippen LogP contribution in [-0.4, -0.2) is 70.8 Å². The van der Waals surface area contributed by atoms with Gasteiger partial charge < -0.3 is 35.1 Å². The minimum Gasteiger partial charge on any atom is -0.506 e. The molecule has 2 heterocycles. The largest absolute Gasteiger partial charge is 0.506 e. The molecule has 1 saturated heterocycles. The van der Waals surface area contributed by atoms with Crippen molar-refractivity contribution in [1.82, 2.24) is 15.2 Å². The number of anilines is 2. The molecule has 1 aliphatic heterocycles. The Balaban J connectivity index is 0.807. The summed E-state index contributed by atoms with van der Waals surface area (Å²) < 4.78 is 5.78. The van der Waals surface area contributed by atoms with Gasteiger partial charge in [0.2, 0.25) is 11.5 Å². The Kier molecular flexibility index (Phi) is 14.7. The minimum absolute atomic E-state index is 0.0306. The van der Waals surface area contributed by atoms with E-state index in [1.165, 1.54) is 12.1 Å². The first kappa shape index (κ1) is 44.3. The lowest BCUT2D eigenvalue weighted by molar-refractivity contribution is -0.118. The Morgan fingerprint density at radius 2 is 1.59 bits per heavy atom. The van der Waals surface area contributed by atoms with Gasteiger partial charge in [-0.3, -0.25) is 19.7 Å². The molecule has 1 aromatic heterocycles. The predicted molar refractivity (Wildman–Crippen MR) is 247 cm³/mol. The average Bonchev–Trinajstić information content (AvgIpc) is 3.30. The number of ether oxygens (including phenoxy) is 1. The first-order valence-corrected chi connectivity index (χ1v) is 21.6. The summed E-state index contributed by atoms with van der Waals surface area (Å²) in [6.07, 6.45) is 2.36. The van der Waals surface area contributed by atoms with Crippen LogP contribution in [0.15, 0.2) is 132 Å². The van der Waals surface area contributed by atoms with Gasteiger partial charge in [-0.1, -0.05) is 85.8 Å². The Morgan fingerprint density at radius 3 is 2.37 bits per heavy atom. The van der Waals surface area contributed by atoms with Crippen molar-refractivity contribution in [3.05, 3.63) is 160 Å². The fraction of sp³-hybridized carbons (Fsp3) is 0.294. The van der Waals surface area contributed by atoms with Gasteiger partial charge in [-0.15, -0.1) is 0 Å². The average molecular weight is 850 g/mol. The van der Waals surface area contributed by atoms with Crippen LogP contribution in [-0.2, 0) is 22.5 Å². The number of nitrogens with one attached hydrogen (secondary N) is 3. The Morgan fingerprint density at radius 1 is 0.857 bits per heavy atom. The number of aromatic nitrogens is 1. The van der Waals surface area contributed by atoms with Crippen LogP contribution in [0.3, 0.4) is 0 Å². The lowest BCUT2D eigenvalue weighted by Crippen LogP contribution is -2.40. The summed E-state index contributed by atoms with van der Waals surface area (Å²) >= 11 is 0. The van der Waals surface area contributed by atoms with E-state index in [1.54, 1.807) is 48.3 Å². The molecule has 2 atom stereocenters. The highest BCUT2D eigenvalue weighted by atomic mass is 16.6. The molecule has 0 bridgehead atoms. The second-order valence-corrected chi connectivity index (χ2v) is 16.4. The van der Waals surface area contributed by atoms with Gasteiger partial charge in [0.25, 0.3) is 5.91 Å². The normalized spacial score (nSPS) is 14.1. The number of fused-ring (bicyclic) bond motifs is 1. The molecule has 0 spiro atoms. The predicted octanol–water partition coefficient (Wildman–Crippen LogP) is 8.59. The summed E-state index contributed by atoms with van der Waals surface area (Å²) in [5, 5.41) is 27.8. The van der Waals surface area contributed by atoms with Gasteiger partial charge in [-0.2, -0.15) is 0 Å². The van der Waals surface area contributed by atoms with Gasteiger partial charge in [0.15, 0.2) is 0 Å². The number of piperidine rings is 1. The molecule has 5 aromatic carbocycles. The zero-order valence-corrected chi connectivity index (χ0v) is 35.8. The number of aromatic amines is 1. The first-order chi connectivity index (χ1) is 30.5. The topological polar surface area (TPSA) is 164 Å². The number of nitrogens with zero attached hydrogens (tertiary/aromatic N) is 2. The van der Waals surface area contributed by atoms with E-state index in [-0.39, 0.29) is 35.1 Å². The highest BCUT2D eigenvalue weighted by molar-refractivity contribution is 5.96. The number of H-pyrrole nitrogens is 1. The van der Waals surface area contributed by atoms with Crippen LogP contribution in [0.5, 0.6) is 5.75 Å². The Bertz CT molecular complexity index is 2570. The van der Waals surface area contributed by atoms with Gasteiger partial charge in [-0.25, -0.2) is 4.79 Å².